The van der Waals surface area contributed by atoms with Crippen molar-refractivity contribution in [3.8, 4) is 0 Å². The number of nitrogens with one attached hydrogen (secondary N) is 1. The first-order valence-electron chi connectivity index (χ1n) is 5.55. The van der Waals surface area contributed by atoms with Crippen LogP contribution in [0.4, 0.5) is 0 Å². The van der Waals surface area contributed by atoms with E-state index in [4.69, 9.17) is 17.3 Å². The Labute approximate surface area is 106 Å². The van der Waals surface area contributed by atoms with E-state index in [1.165, 1.54) is 0 Å². The highest BCUT2D eigenvalue weighted by atomic mass is 32.1. The van der Waals surface area contributed by atoms with Gasteiger partial charge in [0.1, 0.15) is 4.64 Å². The summed E-state index contributed by atoms with van der Waals surface area (Å²) in [6.07, 6.45) is 4.13. The third-order valence-electron chi connectivity index (χ3n) is 2.37. The van der Waals surface area contributed by atoms with Gasteiger partial charge in [-0.15, -0.1) is 0 Å². The molecular weight excluding hydrogens is 234 g/mol. The molecule has 3 nitrogen and oxygen atoms in total. The van der Waals surface area contributed by atoms with Crippen LogP contribution >= 0.6 is 12.2 Å². The molecule has 0 saturated carbocycles. The standard InChI is InChI=1S/C13H17NO2S/c1-9(5-6-10(2)15)8-12(16)11-4-3-7-14-13(11)17/h3-5,7,10,15H,6,8H2,1-2H3,(H,14,17)/b9-5+. The average Bonchev–Trinajstić information content (AvgIpc) is 2.26. The number of Topliss-reactive ketones (excluding diaryl/α,β-unsaturated/α-hetero) is 1. The maximum Gasteiger partial charge on any atom is 0.169 e. The number of pyridine rings is 1. The molecule has 17 heavy (non-hydrogen) atoms. The highest BCUT2D eigenvalue weighted by Gasteiger charge is 2.08. The summed E-state index contributed by atoms with van der Waals surface area (Å²) < 4.78 is 0.473. The molecule has 0 saturated heterocycles. The van der Waals surface area contributed by atoms with Gasteiger partial charge in [-0.1, -0.05) is 23.9 Å². The molecule has 1 aromatic heterocycles. The fraction of sp³-hybridized carbons (Fsp3) is 0.385. The minimum atomic E-state index is -0.375. The molecule has 2 N–H and O–H groups in total. The van der Waals surface area contributed by atoms with Crippen molar-refractivity contribution >= 4 is 18.0 Å². The van der Waals surface area contributed by atoms with Gasteiger partial charge >= 0.3 is 0 Å². The van der Waals surface area contributed by atoms with E-state index in [1.54, 1.807) is 25.3 Å². The number of H-pyrrole nitrogens is 1. The lowest BCUT2D eigenvalue weighted by Gasteiger charge is -2.03. The Morgan fingerprint density at radius 3 is 2.94 bits per heavy atom. The molecule has 0 bridgehead atoms. The number of rotatable bonds is 5. The van der Waals surface area contributed by atoms with Crippen LogP contribution in [0.5, 0.6) is 0 Å². The Kier molecular flexibility index (Phi) is 5.25. The van der Waals surface area contributed by atoms with E-state index in [0.717, 1.165) is 5.57 Å². The predicted octanol–water partition coefficient (Wildman–Crippen LogP) is 3.03. The van der Waals surface area contributed by atoms with Crippen LogP contribution in [0.25, 0.3) is 0 Å². The van der Waals surface area contributed by atoms with E-state index in [1.807, 2.05) is 13.0 Å². The van der Waals surface area contributed by atoms with Gasteiger partial charge in [-0.05, 0) is 32.4 Å². The van der Waals surface area contributed by atoms with Gasteiger partial charge in [0, 0.05) is 12.6 Å². The highest BCUT2D eigenvalue weighted by molar-refractivity contribution is 7.71. The van der Waals surface area contributed by atoms with E-state index < -0.39 is 0 Å². The molecule has 0 aliphatic rings. The predicted molar refractivity (Wildman–Crippen MR) is 70.6 cm³/mol. The molecule has 0 fully saturated rings. The van der Waals surface area contributed by atoms with E-state index in [9.17, 15) is 4.79 Å². The van der Waals surface area contributed by atoms with Crippen molar-refractivity contribution in [1.29, 1.82) is 0 Å². The summed E-state index contributed by atoms with van der Waals surface area (Å²) in [5.41, 5.74) is 1.50. The van der Waals surface area contributed by atoms with Crippen molar-refractivity contribution in [2.45, 2.75) is 32.8 Å². The second kappa shape index (κ2) is 6.47. The summed E-state index contributed by atoms with van der Waals surface area (Å²) in [7, 11) is 0. The van der Waals surface area contributed by atoms with Crippen LogP contribution in [0.3, 0.4) is 0 Å². The quantitative estimate of drug-likeness (QED) is 0.480. The molecule has 4 heteroatoms. The van der Waals surface area contributed by atoms with Crippen LogP contribution in [0.1, 0.15) is 37.0 Å². The number of carbonyl (C=O) groups is 1. The van der Waals surface area contributed by atoms with Crippen molar-refractivity contribution in [3.05, 3.63) is 40.2 Å². The fourth-order valence-electron chi connectivity index (χ4n) is 1.43. The molecule has 0 aliphatic carbocycles. The van der Waals surface area contributed by atoms with Crippen LogP contribution in [-0.2, 0) is 0 Å². The van der Waals surface area contributed by atoms with Gasteiger partial charge in [0.15, 0.2) is 5.78 Å². The second-order valence-corrected chi connectivity index (χ2v) is 4.56. The molecule has 0 aromatic carbocycles. The molecule has 0 amide bonds. The summed E-state index contributed by atoms with van der Waals surface area (Å²) >= 11 is 5.05. The van der Waals surface area contributed by atoms with Crippen molar-refractivity contribution in [2.75, 3.05) is 0 Å². The maximum absolute atomic E-state index is 11.9. The molecule has 0 aliphatic heterocycles. The van der Waals surface area contributed by atoms with Gasteiger partial charge < -0.3 is 10.1 Å². The van der Waals surface area contributed by atoms with E-state index >= 15 is 0 Å². The number of aromatic amines is 1. The Balaban J connectivity index is 2.71. The summed E-state index contributed by atoms with van der Waals surface area (Å²) in [5.74, 6) is 0.00573. The van der Waals surface area contributed by atoms with Crippen molar-refractivity contribution in [2.24, 2.45) is 0 Å². The zero-order valence-electron chi connectivity index (χ0n) is 10.1. The average molecular weight is 251 g/mol. The number of aliphatic hydroxyl groups is 1. The largest absolute Gasteiger partial charge is 0.393 e. The van der Waals surface area contributed by atoms with E-state index in [0.29, 0.717) is 23.0 Å². The Bertz CT molecular complexity index is 474. The number of hydrogen-bond acceptors (Lipinski definition) is 3. The van der Waals surface area contributed by atoms with Gasteiger partial charge in [0.2, 0.25) is 0 Å². The summed E-state index contributed by atoms with van der Waals surface area (Å²) in [6.45, 7) is 3.61. The molecule has 1 atom stereocenters. The van der Waals surface area contributed by atoms with E-state index in [-0.39, 0.29) is 11.9 Å². The van der Waals surface area contributed by atoms with Crippen molar-refractivity contribution in [1.82, 2.24) is 4.98 Å². The van der Waals surface area contributed by atoms with Gasteiger partial charge in [0.25, 0.3) is 0 Å². The maximum atomic E-state index is 11.9. The lowest BCUT2D eigenvalue weighted by molar-refractivity contribution is 0.0991. The number of allylic oxidation sites excluding steroid dienone is 1. The molecular formula is C13H17NO2S. The third kappa shape index (κ3) is 4.63. The first-order valence-corrected chi connectivity index (χ1v) is 5.96. The SMILES string of the molecule is C/C(=C\CC(C)O)CC(=O)c1ccc[nH]c1=S. The van der Waals surface area contributed by atoms with Gasteiger partial charge in [-0.25, -0.2) is 0 Å². The normalized spacial score (nSPS) is 13.5. The lowest BCUT2D eigenvalue weighted by atomic mass is 10.0. The first-order chi connectivity index (χ1) is 8.00. The summed E-state index contributed by atoms with van der Waals surface area (Å²) in [5, 5.41) is 9.15. The van der Waals surface area contributed by atoms with Crippen molar-refractivity contribution < 1.29 is 9.90 Å². The van der Waals surface area contributed by atoms with Crippen LogP contribution in [-0.4, -0.2) is 22.0 Å². The molecule has 1 unspecified atom stereocenters. The first kappa shape index (κ1) is 13.8. The zero-order valence-corrected chi connectivity index (χ0v) is 10.9. The zero-order chi connectivity index (χ0) is 12.8. The van der Waals surface area contributed by atoms with Crippen LogP contribution in [0.2, 0.25) is 0 Å². The molecule has 1 rings (SSSR count). The Morgan fingerprint density at radius 2 is 2.35 bits per heavy atom. The van der Waals surface area contributed by atoms with Gasteiger partial charge in [-0.3, -0.25) is 4.79 Å². The molecule has 0 spiro atoms. The topological polar surface area (TPSA) is 53.1 Å². The second-order valence-electron chi connectivity index (χ2n) is 4.15. The molecule has 0 radical (unpaired) electrons. The van der Waals surface area contributed by atoms with Gasteiger partial charge in [0.05, 0.1) is 11.7 Å². The number of aromatic nitrogens is 1. The molecule has 92 valence electrons. The van der Waals surface area contributed by atoms with Gasteiger partial charge in [-0.2, -0.15) is 0 Å². The monoisotopic (exact) mass is 251 g/mol. The number of hydrogen-bond donors (Lipinski definition) is 2. The van der Waals surface area contributed by atoms with E-state index in [2.05, 4.69) is 4.98 Å². The Morgan fingerprint density at radius 1 is 1.65 bits per heavy atom. The summed E-state index contributed by atoms with van der Waals surface area (Å²) in [6, 6.07) is 3.49. The third-order valence-corrected chi connectivity index (χ3v) is 2.70. The minimum Gasteiger partial charge on any atom is -0.393 e. The lowest BCUT2D eigenvalue weighted by Crippen LogP contribution is -2.02. The number of aliphatic hydroxyl groups excluding tert-OH is 1. The highest BCUT2D eigenvalue weighted by Crippen LogP contribution is 2.10. The fourth-order valence-corrected chi connectivity index (χ4v) is 1.68. The Hall–Kier alpha value is -1.26. The smallest absolute Gasteiger partial charge is 0.169 e. The van der Waals surface area contributed by atoms with Crippen LogP contribution in [0.15, 0.2) is 30.0 Å². The minimum absolute atomic E-state index is 0.00573. The molecule has 1 heterocycles. The number of ketones is 1. The van der Waals surface area contributed by atoms with Crippen molar-refractivity contribution in [3.63, 3.8) is 0 Å². The molecule has 1 aromatic rings. The van der Waals surface area contributed by atoms with Crippen LogP contribution in [0, 0.1) is 4.64 Å². The van der Waals surface area contributed by atoms with Crippen LogP contribution < -0.4 is 0 Å². The summed E-state index contributed by atoms with van der Waals surface area (Å²) in [4.78, 5) is 14.8. The number of carbonyl (C=O) groups excluding carboxylic acids is 1.